The normalized spacial score (nSPS) is 14.9. The number of carbonyl (C=O) groups is 2. The van der Waals surface area contributed by atoms with Crippen molar-refractivity contribution in [1.29, 1.82) is 0 Å². The molecule has 1 atom stereocenters. The van der Waals surface area contributed by atoms with E-state index in [-0.39, 0.29) is 24.9 Å². The first-order valence-corrected chi connectivity index (χ1v) is 9.97. The Morgan fingerprint density at radius 2 is 1.62 bits per heavy atom. The van der Waals surface area contributed by atoms with Crippen molar-refractivity contribution in [3.8, 4) is 0 Å². The molecule has 3 N–H and O–H groups in total. The SMILES string of the molecule is C[NH+](CC(=O)Nc1ccc(N2CCOCC2)cc1)CC(=O)Nc1ccccc1Cl. The Kier molecular flexibility index (Phi) is 7.46. The first-order valence-electron chi connectivity index (χ1n) is 9.59. The summed E-state index contributed by atoms with van der Waals surface area (Å²) >= 11 is 6.05. The molecular formula is C21H26ClN4O3+. The van der Waals surface area contributed by atoms with Crippen molar-refractivity contribution in [2.75, 3.05) is 62.0 Å². The number of hydrogen-bond donors (Lipinski definition) is 3. The summed E-state index contributed by atoms with van der Waals surface area (Å²) in [6.45, 7) is 3.55. The Hall–Kier alpha value is -2.61. The second-order valence-electron chi connectivity index (χ2n) is 7.03. The molecule has 0 spiro atoms. The maximum Gasteiger partial charge on any atom is 0.279 e. The molecule has 0 bridgehead atoms. The summed E-state index contributed by atoms with van der Waals surface area (Å²) in [5, 5.41) is 6.13. The Balaban J connectivity index is 1.44. The van der Waals surface area contributed by atoms with Crippen LogP contribution in [0.2, 0.25) is 5.02 Å². The van der Waals surface area contributed by atoms with Gasteiger partial charge in [0, 0.05) is 24.5 Å². The Morgan fingerprint density at radius 1 is 1.00 bits per heavy atom. The third kappa shape index (κ3) is 6.45. The number of likely N-dealkylation sites (N-methyl/N-ethyl adjacent to an activating group) is 1. The number of halogens is 1. The molecule has 0 aliphatic carbocycles. The number of carbonyl (C=O) groups excluding carboxylic acids is 2. The highest BCUT2D eigenvalue weighted by molar-refractivity contribution is 6.33. The summed E-state index contributed by atoms with van der Waals surface area (Å²) in [5.74, 6) is -0.342. The number of benzene rings is 2. The molecule has 1 aliphatic rings. The van der Waals surface area contributed by atoms with Gasteiger partial charge in [0.15, 0.2) is 13.1 Å². The molecule has 29 heavy (non-hydrogen) atoms. The highest BCUT2D eigenvalue weighted by Crippen LogP contribution is 2.20. The van der Waals surface area contributed by atoms with Gasteiger partial charge in [0.2, 0.25) is 0 Å². The van der Waals surface area contributed by atoms with Gasteiger partial charge in [-0.25, -0.2) is 0 Å². The topological polar surface area (TPSA) is 75.1 Å². The molecule has 8 heteroatoms. The number of rotatable bonds is 7. The van der Waals surface area contributed by atoms with E-state index >= 15 is 0 Å². The van der Waals surface area contributed by atoms with Crippen LogP contribution in [-0.2, 0) is 14.3 Å². The van der Waals surface area contributed by atoms with Gasteiger partial charge in [-0.2, -0.15) is 0 Å². The van der Waals surface area contributed by atoms with Gasteiger partial charge in [-0.05, 0) is 36.4 Å². The standard InChI is InChI=1S/C21H25ClN4O3/c1-25(15-21(28)24-19-5-3-2-4-18(19)22)14-20(27)23-16-6-8-17(9-7-16)26-10-12-29-13-11-26/h2-9H,10-15H2,1H3,(H,23,27)(H,24,28)/p+1. The van der Waals surface area contributed by atoms with E-state index in [9.17, 15) is 9.59 Å². The number of nitrogens with one attached hydrogen (secondary N) is 3. The van der Waals surface area contributed by atoms with Gasteiger partial charge in [0.25, 0.3) is 11.8 Å². The molecule has 2 amide bonds. The van der Waals surface area contributed by atoms with E-state index < -0.39 is 0 Å². The van der Waals surface area contributed by atoms with Crippen LogP contribution >= 0.6 is 11.6 Å². The zero-order chi connectivity index (χ0) is 20.6. The van der Waals surface area contributed by atoms with Crippen molar-refractivity contribution < 1.29 is 19.2 Å². The average Bonchev–Trinajstić information content (AvgIpc) is 2.70. The van der Waals surface area contributed by atoms with Crippen LogP contribution in [0.15, 0.2) is 48.5 Å². The molecule has 0 radical (unpaired) electrons. The fraction of sp³-hybridized carbons (Fsp3) is 0.333. The minimum absolute atomic E-state index is 0.146. The molecule has 1 unspecified atom stereocenters. The number of ether oxygens (including phenoxy) is 1. The average molecular weight is 418 g/mol. The number of nitrogens with zero attached hydrogens (tertiary/aromatic N) is 1. The second-order valence-corrected chi connectivity index (χ2v) is 7.44. The highest BCUT2D eigenvalue weighted by atomic mass is 35.5. The van der Waals surface area contributed by atoms with Gasteiger partial charge in [0.05, 0.1) is 31.0 Å². The van der Waals surface area contributed by atoms with Crippen LogP contribution in [-0.4, -0.2) is 58.3 Å². The summed E-state index contributed by atoms with van der Waals surface area (Å²) in [6.07, 6.45) is 0. The molecule has 1 saturated heterocycles. The lowest BCUT2D eigenvalue weighted by Crippen LogP contribution is -3.11. The number of amides is 2. The first kappa shape index (κ1) is 21.1. The number of morpholine rings is 1. The molecule has 2 aromatic carbocycles. The smallest absolute Gasteiger partial charge is 0.279 e. The number of para-hydroxylation sites is 1. The molecule has 154 valence electrons. The zero-order valence-electron chi connectivity index (χ0n) is 16.4. The van der Waals surface area contributed by atoms with E-state index in [1.54, 1.807) is 31.3 Å². The Labute approximate surface area is 175 Å². The van der Waals surface area contributed by atoms with E-state index in [1.807, 2.05) is 24.3 Å². The Bertz CT molecular complexity index is 838. The van der Waals surface area contributed by atoms with E-state index in [1.165, 1.54) is 0 Å². The zero-order valence-corrected chi connectivity index (χ0v) is 17.2. The predicted octanol–water partition coefficient (Wildman–Crippen LogP) is 1.27. The van der Waals surface area contributed by atoms with E-state index in [0.717, 1.165) is 42.6 Å². The van der Waals surface area contributed by atoms with Crippen molar-refractivity contribution in [2.24, 2.45) is 0 Å². The van der Waals surface area contributed by atoms with Gasteiger partial charge in [0.1, 0.15) is 0 Å². The van der Waals surface area contributed by atoms with Gasteiger partial charge in [-0.3, -0.25) is 9.59 Å². The van der Waals surface area contributed by atoms with Crippen molar-refractivity contribution >= 4 is 40.5 Å². The van der Waals surface area contributed by atoms with Gasteiger partial charge < -0.3 is 25.2 Å². The minimum atomic E-state index is -0.196. The lowest BCUT2D eigenvalue weighted by molar-refractivity contribution is -0.862. The summed E-state index contributed by atoms with van der Waals surface area (Å²) < 4.78 is 5.36. The largest absolute Gasteiger partial charge is 0.378 e. The van der Waals surface area contributed by atoms with Crippen LogP contribution in [0.4, 0.5) is 17.1 Å². The van der Waals surface area contributed by atoms with Crippen molar-refractivity contribution in [2.45, 2.75) is 0 Å². The quantitative estimate of drug-likeness (QED) is 0.634. The fourth-order valence-corrected chi connectivity index (χ4v) is 3.33. The summed E-state index contributed by atoms with van der Waals surface area (Å²) in [4.78, 5) is 27.5. The van der Waals surface area contributed by atoms with Gasteiger partial charge in [-0.1, -0.05) is 23.7 Å². The number of quaternary nitrogens is 1. The van der Waals surface area contributed by atoms with E-state index in [0.29, 0.717) is 10.7 Å². The Morgan fingerprint density at radius 3 is 2.28 bits per heavy atom. The van der Waals surface area contributed by atoms with Gasteiger partial charge >= 0.3 is 0 Å². The molecule has 7 nitrogen and oxygen atoms in total. The maximum atomic E-state index is 12.3. The van der Waals surface area contributed by atoms with E-state index in [4.69, 9.17) is 16.3 Å². The summed E-state index contributed by atoms with van der Waals surface area (Å²) in [5.41, 5.74) is 2.42. The van der Waals surface area contributed by atoms with E-state index in [2.05, 4.69) is 15.5 Å². The van der Waals surface area contributed by atoms with Crippen LogP contribution in [0, 0.1) is 0 Å². The van der Waals surface area contributed by atoms with Crippen LogP contribution in [0.1, 0.15) is 0 Å². The molecule has 2 aromatic rings. The number of anilines is 3. The van der Waals surface area contributed by atoms with Crippen LogP contribution in [0.5, 0.6) is 0 Å². The maximum absolute atomic E-state index is 12.3. The van der Waals surface area contributed by atoms with Crippen LogP contribution in [0.3, 0.4) is 0 Å². The van der Waals surface area contributed by atoms with Crippen molar-refractivity contribution in [1.82, 2.24) is 0 Å². The monoisotopic (exact) mass is 417 g/mol. The van der Waals surface area contributed by atoms with Gasteiger partial charge in [-0.15, -0.1) is 0 Å². The molecular weight excluding hydrogens is 392 g/mol. The number of hydrogen-bond acceptors (Lipinski definition) is 4. The van der Waals surface area contributed by atoms with Crippen molar-refractivity contribution in [3.05, 3.63) is 53.6 Å². The first-order chi connectivity index (χ1) is 14.0. The van der Waals surface area contributed by atoms with Crippen molar-refractivity contribution in [3.63, 3.8) is 0 Å². The van der Waals surface area contributed by atoms with Crippen LogP contribution < -0.4 is 20.4 Å². The molecule has 0 saturated carbocycles. The third-order valence-electron chi connectivity index (χ3n) is 4.60. The molecule has 3 rings (SSSR count). The molecule has 1 aliphatic heterocycles. The third-order valence-corrected chi connectivity index (χ3v) is 4.93. The lowest BCUT2D eigenvalue weighted by Gasteiger charge is -2.28. The lowest BCUT2D eigenvalue weighted by atomic mass is 10.2. The molecule has 0 aromatic heterocycles. The molecule has 1 heterocycles. The summed E-state index contributed by atoms with van der Waals surface area (Å²) in [6, 6.07) is 14.8. The summed E-state index contributed by atoms with van der Waals surface area (Å²) in [7, 11) is 1.80. The second kappa shape index (κ2) is 10.2. The predicted molar refractivity (Wildman–Crippen MR) is 115 cm³/mol. The highest BCUT2D eigenvalue weighted by Gasteiger charge is 2.16. The molecule has 1 fully saturated rings. The fourth-order valence-electron chi connectivity index (χ4n) is 3.15. The van der Waals surface area contributed by atoms with Crippen LogP contribution in [0.25, 0.3) is 0 Å². The minimum Gasteiger partial charge on any atom is -0.378 e.